The van der Waals surface area contributed by atoms with Gasteiger partial charge in [0, 0.05) is 24.7 Å². The van der Waals surface area contributed by atoms with E-state index >= 15 is 0 Å². The highest BCUT2D eigenvalue weighted by Gasteiger charge is 2.17. The number of thiol groups is 1. The maximum absolute atomic E-state index is 11.7. The van der Waals surface area contributed by atoms with Crippen LogP contribution in [0.2, 0.25) is 0 Å². The van der Waals surface area contributed by atoms with Gasteiger partial charge in [0.2, 0.25) is 0 Å². The van der Waals surface area contributed by atoms with Gasteiger partial charge < -0.3 is 5.32 Å². The average molecular weight is 301 g/mol. The van der Waals surface area contributed by atoms with Gasteiger partial charge in [-0.1, -0.05) is 0 Å². The Kier molecular flexibility index (Phi) is 3.45. The SMILES string of the molecule is O=C(NCCS)c1nn2cccnc2c1Br. The third-order valence-electron chi connectivity index (χ3n) is 1.95. The van der Waals surface area contributed by atoms with E-state index in [9.17, 15) is 4.79 Å². The number of nitrogens with one attached hydrogen (secondary N) is 1. The van der Waals surface area contributed by atoms with Gasteiger partial charge in [-0.25, -0.2) is 9.50 Å². The zero-order valence-electron chi connectivity index (χ0n) is 8.22. The van der Waals surface area contributed by atoms with Crippen molar-refractivity contribution in [1.82, 2.24) is 19.9 Å². The molecule has 84 valence electrons. The summed E-state index contributed by atoms with van der Waals surface area (Å²) < 4.78 is 2.16. The molecule has 0 radical (unpaired) electrons. The van der Waals surface area contributed by atoms with Crippen LogP contribution in [0, 0.1) is 0 Å². The lowest BCUT2D eigenvalue weighted by Gasteiger charge is -1.99. The van der Waals surface area contributed by atoms with Gasteiger partial charge in [0.05, 0.1) is 4.47 Å². The number of amides is 1. The summed E-state index contributed by atoms with van der Waals surface area (Å²) in [7, 11) is 0. The first-order valence-electron chi connectivity index (χ1n) is 4.62. The van der Waals surface area contributed by atoms with E-state index in [0.717, 1.165) is 0 Å². The van der Waals surface area contributed by atoms with Gasteiger partial charge in [-0.2, -0.15) is 17.7 Å². The molecular weight excluding hydrogens is 292 g/mol. The predicted octanol–water partition coefficient (Wildman–Crippen LogP) is 1.15. The van der Waals surface area contributed by atoms with E-state index in [4.69, 9.17) is 0 Å². The molecule has 0 aliphatic heterocycles. The topological polar surface area (TPSA) is 59.3 Å². The molecule has 0 unspecified atom stereocenters. The summed E-state index contributed by atoms with van der Waals surface area (Å²) in [6.45, 7) is 0.510. The maximum atomic E-state index is 11.7. The average Bonchev–Trinajstić information content (AvgIpc) is 2.64. The molecule has 1 amide bonds. The van der Waals surface area contributed by atoms with Crippen LogP contribution in [0.4, 0.5) is 0 Å². The Balaban J connectivity index is 2.37. The van der Waals surface area contributed by atoms with Crippen LogP contribution in [-0.4, -0.2) is 32.8 Å². The van der Waals surface area contributed by atoms with Crippen LogP contribution in [0.5, 0.6) is 0 Å². The van der Waals surface area contributed by atoms with E-state index in [2.05, 4.69) is 44.0 Å². The molecule has 0 fully saturated rings. The van der Waals surface area contributed by atoms with E-state index in [1.54, 1.807) is 23.0 Å². The maximum Gasteiger partial charge on any atom is 0.273 e. The van der Waals surface area contributed by atoms with Gasteiger partial charge in [-0.3, -0.25) is 4.79 Å². The number of nitrogens with zero attached hydrogens (tertiary/aromatic N) is 3. The van der Waals surface area contributed by atoms with Crippen molar-refractivity contribution in [2.24, 2.45) is 0 Å². The highest BCUT2D eigenvalue weighted by Crippen LogP contribution is 2.20. The Morgan fingerprint density at radius 2 is 2.44 bits per heavy atom. The molecule has 2 heterocycles. The molecule has 0 aliphatic rings. The number of hydrogen-bond acceptors (Lipinski definition) is 4. The molecule has 16 heavy (non-hydrogen) atoms. The highest BCUT2D eigenvalue weighted by molar-refractivity contribution is 9.10. The van der Waals surface area contributed by atoms with Crippen LogP contribution in [-0.2, 0) is 0 Å². The summed E-state index contributed by atoms with van der Waals surface area (Å²) in [5.41, 5.74) is 0.957. The van der Waals surface area contributed by atoms with E-state index in [0.29, 0.717) is 28.1 Å². The van der Waals surface area contributed by atoms with Crippen LogP contribution >= 0.6 is 28.6 Å². The minimum Gasteiger partial charge on any atom is -0.350 e. The van der Waals surface area contributed by atoms with Gasteiger partial charge in [0.15, 0.2) is 11.3 Å². The van der Waals surface area contributed by atoms with Crippen LogP contribution < -0.4 is 5.32 Å². The quantitative estimate of drug-likeness (QED) is 0.836. The van der Waals surface area contributed by atoms with Crippen molar-refractivity contribution in [3.05, 3.63) is 28.6 Å². The van der Waals surface area contributed by atoms with Crippen molar-refractivity contribution in [1.29, 1.82) is 0 Å². The van der Waals surface area contributed by atoms with Gasteiger partial charge in [0.1, 0.15) is 0 Å². The normalized spacial score (nSPS) is 10.6. The standard InChI is InChI=1S/C9H9BrN4OS/c10-6-7(9(15)12-3-5-16)13-14-4-1-2-11-8(6)14/h1-2,4,16H,3,5H2,(H,12,15). The molecule has 0 spiro atoms. The van der Waals surface area contributed by atoms with Gasteiger partial charge in [-0.15, -0.1) is 0 Å². The first-order chi connectivity index (χ1) is 7.74. The zero-order valence-corrected chi connectivity index (χ0v) is 10.7. The van der Waals surface area contributed by atoms with Crippen LogP contribution in [0.15, 0.2) is 22.9 Å². The first kappa shape index (κ1) is 11.4. The van der Waals surface area contributed by atoms with Gasteiger partial charge in [-0.05, 0) is 22.0 Å². The highest BCUT2D eigenvalue weighted by atomic mass is 79.9. The Morgan fingerprint density at radius 1 is 1.62 bits per heavy atom. The van der Waals surface area contributed by atoms with E-state index < -0.39 is 0 Å². The molecule has 2 aromatic rings. The van der Waals surface area contributed by atoms with Crippen LogP contribution in [0.3, 0.4) is 0 Å². The summed E-state index contributed by atoms with van der Waals surface area (Å²) in [5.74, 6) is 0.362. The number of rotatable bonds is 3. The minimum absolute atomic E-state index is 0.230. The monoisotopic (exact) mass is 300 g/mol. The molecule has 1 N–H and O–H groups in total. The molecule has 0 bridgehead atoms. The molecule has 0 saturated carbocycles. The molecule has 0 aliphatic carbocycles. The van der Waals surface area contributed by atoms with Crippen LogP contribution in [0.1, 0.15) is 10.5 Å². The molecule has 0 atom stereocenters. The first-order valence-corrected chi connectivity index (χ1v) is 6.04. The molecule has 7 heteroatoms. The predicted molar refractivity (Wildman–Crippen MR) is 66.9 cm³/mol. The third kappa shape index (κ3) is 2.05. The smallest absolute Gasteiger partial charge is 0.273 e. The summed E-state index contributed by atoms with van der Waals surface area (Å²) in [4.78, 5) is 15.8. The van der Waals surface area contributed by atoms with Gasteiger partial charge >= 0.3 is 0 Å². The molecule has 2 aromatic heterocycles. The lowest BCUT2D eigenvalue weighted by atomic mass is 10.4. The van der Waals surface area contributed by atoms with Crippen molar-refractivity contribution in [2.45, 2.75) is 0 Å². The van der Waals surface area contributed by atoms with E-state index in [-0.39, 0.29) is 5.91 Å². The Morgan fingerprint density at radius 3 is 3.12 bits per heavy atom. The molecule has 2 rings (SSSR count). The Labute approximate surface area is 106 Å². The summed E-state index contributed by atoms with van der Waals surface area (Å²) >= 11 is 7.34. The number of carbonyl (C=O) groups excluding carboxylic acids is 1. The fourth-order valence-electron chi connectivity index (χ4n) is 1.26. The largest absolute Gasteiger partial charge is 0.350 e. The second-order valence-corrected chi connectivity index (χ2v) is 4.27. The van der Waals surface area contributed by atoms with Crippen molar-refractivity contribution in [3.8, 4) is 0 Å². The second kappa shape index (κ2) is 4.84. The third-order valence-corrected chi connectivity index (χ3v) is 2.91. The minimum atomic E-state index is -0.230. The summed E-state index contributed by atoms with van der Waals surface area (Å²) in [6.07, 6.45) is 3.39. The number of aromatic nitrogens is 3. The zero-order chi connectivity index (χ0) is 11.5. The Hall–Kier alpha value is -1.08. The number of fused-ring (bicyclic) bond motifs is 1. The van der Waals surface area contributed by atoms with Gasteiger partial charge in [0.25, 0.3) is 5.91 Å². The molecule has 5 nitrogen and oxygen atoms in total. The van der Waals surface area contributed by atoms with Crippen molar-refractivity contribution in [3.63, 3.8) is 0 Å². The lowest BCUT2D eigenvalue weighted by molar-refractivity contribution is 0.0950. The summed E-state index contributed by atoms with van der Waals surface area (Å²) in [5, 5.41) is 6.84. The number of halogens is 1. The fraction of sp³-hybridized carbons (Fsp3) is 0.222. The molecular formula is C9H9BrN4OS. The summed E-state index contributed by atoms with van der Waals surface area (Å²) in [6, 6.07) is 1.75. The Bertz CT molecular complexity index is 527. The molecule has 0 aromatic carbocycles. The lowest BCUT2D eigenvalue weighted by Crippen LogP contribution is -2.26. The van der Waals surface area contributed by atoms with E-state index in [1.165, 1.54) is 0 Å². The fourth-order valence-corrected chi connectivity index (χ4v) is 1.91. The van der Waals surface area contributed by atoms with Crippen LogP contribution in [0.25, 0.3) is 5.65 Å². The van der Waals surface area contributed by atoms with Crippen molar-refractivity contribution < 1.29 is 4.79 Å². The molecule has 0 saturated heterocycles. The van der Waals surface area contributed by atoms with E-state index in [1.807, 2.05) is 0 Å². The number of hydrogen-bond donors (Lipinski definition) is 2. The second-order valence-electron chi connectivity index (χ2n) is 3.03. The number of carbonyl (C=O) groups is 1. The van der Waals surface area contributed by atoms with Crippen molar-refractivity contribution >= 4 is 40.1 Å². The van der Waals surface area contributed by atoms with Crippen molar-refractivity contribution in [2.75, 3.05) is 12.3 Å².